The van der Waals surface area contributed by atoms with E-state index < -0.39 is 0 Å². The average molecular weight is 1110 g/mol. The molecule has 2 radical (unpaired) electrons. The molecular weight excluding hydrogens is 1070 g/mol. The van der Waals surface area contributed by atoms with Crippen molar-refractivity contribution in [3.63, 3.8) is 0 Å². The molecule has 4 N–H and O–H groups in total. The molecule has 2 saturated heterocycles. The fourth-order valence-electron chi connectivity index (χ4n) is 6.04. The fourth-order valence-corrected chi connectivity index (χ4v) is 6.04. The second-order valence-corrected chi connectivity index (χ2v) is 12.1. The Morgan fingerprint density at radius 1 is 0.620 bits per heavy atom. The number of nitro groups is 1. The summed E-state index contributed by atoms with van der Waals surface area (Å²) < 4.78 is 26.0. The number of nitrogens with one attached hydrogen (secondary N) is 2. The van der Waals surface area contributed by atoms with Gasteiger partial charge in [-0.15, -0.1) is 13.1 Å². The zero-order valence-electron chi connectivity index (χ0n) is 28.1. The first-order chi connectivity index (χ1) is 23.2. The summed E-state index contributed by atoms with van der Waals surface area (Å²) in [5.41, 5.74) is 27.2. The van der Waals surface area contributed by atoms with Crippen LogP contribution in [0, 0.1) is 110 Å². The molecule has 0 atom stereocenters. The number of anilines is 3. The van der Waals surface area contributed by atoms with Crippen LogP contribution in [-0.4, -0.2) is 67.1 Å². The van der Waals surface area contributed by atoms with E-state index in [9.17, 15) is 18.9 Å². The van der Waals surface area contributed by atoms with Gasteiger partial charge in [0.25, 0.3) is 5.69 Å². The maximum absolute atomic E-state index is 13.0. The van der Waals surface area contributed by atoms with Gasteiger partial charge in [0.2, 0.25) is 0 Å². The first-order valence-electron chi connectivity index (χ1n) is 16.1. The molecule has 0 saturated carbocycles. The van der Waals surface area contributed by atoms with Crippen molar-refractivity contribution < 1.29 is 102 Å². The Morgan fingerprint density at radius 3 is 1.42 bits per heavy atom. The number of piperazine rings is 2. The molecule has 4 aromatic carbocycles. The molecule has 2 heterocycles. The van der Waals surface area contributed by atoms with Gasteiger partial charge in [0.15, 0.2) is 0 Å². The van der Waals surface area contributed by atoms with Crippen molar-refractivity contribution in [2.24, 2.45) is 0 Å². The molecule has 14 heteroatoms. The van der Waals surface area contributed by atoms with Crippen LogP contribution in [0.25, 0.3) is 11.5 Å². The Balaban J connectivity index is 0.000000261. The topological polar surface area (TPSA) is 130 Å². The van der Waals surface area contributed by atoms with E-state index in [1.165, 1.54) is 30.3 Å². The molecule has 10 nitrogen and oxygen atoms in total. The first-order valence-corrected chi connectivity index (χ1v) is 16.1. The Labute approximate surface area is 364 Å². The molecule has 0 spiro atoms. The smallest absolute Gasteiger partial charge is 0.274 e. The van der Waals surface area contributed by atoms with Gasteiger partial charge in [-0.1, -0.05) is 35.4 Å². The quantitative estimate of drug-likeness (QED) is 0.110. The summed E-state index contributed by atoms with van der Waals surface area (Å²) in [5, 5.41) is 11.3. The van der Waals surface area contributed by atoms with E-state index in [4.69, 9.17) is 17.2 Å². The molecule has 0 amide bonds. The second kappa shape index (κ2) is 21.1. The molecule has 0 bridgehead atoms. The first kappa shape index (κ1) is 42.7. The Hall–Kier alpha value is -1.74. The van der Waals surface area contributed by atoms with Crippen LogP contribution in [0.3, 0.4) is 0 Å². The third-order valence-electron chi connectivity index (χ3n) is 8.88. The van der Waals surface area contributed by atoms with E-state index in [-0.39, 0.29) is 123 Å². The van der Waals surface area contributed by atoms with E-state index in [1.807, 2.05) is 30.3 Å². The predicted octanol–water partition coefficient (Wildman–Crippen LogP) is 6.89. The molecule has 50 heavy (non-hydrogen) atoms. The number of halogens is 2. The molecule has 0 aliphatic carbocycles. The Bertz CT molecular complexity index is 1650. The van der Waals surface area contributed by atoms with Gasteiger partial charge in [-0.2, -0.15) is 0 Å². The summed E-state index contributed by atoms with van der Waals surface area (Å²) >= 11 is 0. The van der Waals surface area contributed by atoms with Gasteiger partial charge >= 0.3 is 0 Å². The van der Waals surface area contributed by atoms with E-state index in [1.54, 1.807) is 24.3 Å². The number of nitrogens with zero attached hydrogens (tertiary/aromatic N) is 5. The van der Waals surface area contributed by atoms with Crippen molar-refractivity contribution in [2.75, 3.05) is 67.9 Å². The van der Waals surface area contributed by atoms with Gasteiger partial charge in [-0.25, -0.2) is 8.78 Å². The minimum atomic E-state index is -0.372. The molecular formula is C36H42Ac2F2N8O2-2. The fraction of sp³-hybridized carbons (Fsp3) is 0.333. The van der Waals surface area contributed by atoms with E-state index >= 15 is 0 Å². The van der Waals surface area contributed by atoms with Gasteiger partial charge < -0.3 is 27.0 Å². The van der Waals surface area contributed by atoms with Crippen LogP contribution < -0.4 is 15.5 Å². The molecule has 260 valence electrons. The molecule has 0 unspecified atom stereocenters. The molecule has 0 aromatic heterocycles. The number of nitrogen functional groups attached to an aromatic ring is 1. The van der Waals surface area contributed by atoms with Crippen LogP contribution in [0.2, 0.25) is 0 Å². The zero-order valence-corrected chi connectivity index (χ0v) is 37.6. The van der Waals surface area contributed by atoms with Gasteiger partial charge in [0, 0.05) is 182 Å². The van der Waals surface area contributed by atoms with E-state index in [2.05, 4.69) is 19.6 Å². The van der Waals surface area contributed by atoms with Crippen molar-refractivity contribution in [1.29, 1.82) is 0 Å². The Kier molecular flexibility index (Phi) is 18.0. The van der Waals surface area contributed by atoms with Crippen molar-refractivity contribution in [3.05, 3.63) is 140 Å². The van der Waals surface area contributed by atoms with Gasteiger partial charge in [-0.3, -0.25) is 19.9 Å². The van der Waals surface area contributed by atoms with E-state index in [0.29, 0.717) is 17.7 Å². The molecule has 2 aliphatic heterocycles. The number of rotatable bonds is 9. The minimum Gasteiger partial charge on any atom is -0.674 e. The van der Waals surface area contributed by atoms with Crippen molar-refractivity contribution in [2.45, 2.75) is 26.2 Å². The number of hydrogen-bond acceptors (Lipinski definition) is 7. The van der Waals surface area contributed by atoms with Crippen LogP contribution in [0.4, 0.5) is 31.5 Å². The van der Waals surface area contributed by atoms with Crippen molar-refractivity contribution in [1.82, 2.24) is 9.80 Å². The average Bonchev–Trinajstić information content (AvgIpc) is 3.11. The van der Waals surface area contributed by atoms with Crippen LogP contribution in [0.1, 0.15) is 22.3 Å². The Morgan fingerprint density at radius 2 is 1.02 bits per heavy atom. The minimum absolute atomic E-state index is 0. The van der Waals surface area contributed by atoms with Crippen molar-refractivity contribution in [3.8, 4) is 0 Å². The van der Waals surface area contributed by atoms with Gasteiger partial charge in [0.1, 0.15) is 11.6 Å². The normalized spacial score (nSPS) is 15.0. The SMILES string of the molecule is [Ac].[Ac].[NH-]Cc1ccc(CN2CCN(c3ccc(F)cc3)CC2)c(N)c1.[NH-]Cc1ccc(CN2CCN(c3ccc(F)cc3)CC2)c([N+](=O)[O-])c1. The molecule has 6 rings (SSSR count). The summed E-state index contributed by atoms with van der Waals surface area (Å²) in [6.45, 7) is 8.59. The van der Waals surface area contributed by atoms with Gasteiger partial charge in [0.05, 0.1) is 4.92 Å². The number of hydrogen-bond donors (Lipinski definition) is 1. The van der Waals surface area contributed by atoms with Crippen LogP contribution in [-0.2, 0) is 26.2 Å². The maximum Gasteiger partial charge on any atom is 0.274 e. The maximum atomic E-state index is 13.0. The van der Waals surface area contributed by atoms with Crippen LogP contribution in [0.5, 0.6) is 0 Å². The second-order valence-electron chi connectivity index (χ2n) is 12.1. The van der Waals surface area contributed by atoms with E-state index in [0.717, 1.165) is 87.1 Å². The molecule has 4 aromatic rings. The summed E-state index contributed by atoms with van der Waals surface area (Å²) in [7, 11) is 0. The third-order valence-corrected chi connectivity index (χ3v) is 8.88. The number of nitro benzene ring substituents is 1. The van der Waals surface area contributed by atoms with Crippen LogP contribution >= 0.6 is 0 Å². The summed E-state index contributed by atoms with van der Waals surface area (Å²) in [6, 6.07) is 24.1. The summed E-state index contributed by atoms with van der Waals surface area (Å²) in [4.78, 5) is 19.9. The van der Waals surface area contributed by atoms with Crippen molar-refractivity contribution >= 4 is 22.7 Å². The third kappa shape index (κ3) is 12.2. The molecule has 2 aliphatic rings. The predicted molar refractivity (Wildman–Crippen MR) is 188 cm³/mol. The zero-order chi connectivity index (χ0) is 34.0. The number of nitrogens with two attached hydrogens (primary N) is 1. The van der Waals surface area contributed by atoms with Crippen LogP contribution in [0.15, 0.2) is 84.9 Å². The number of benzene rings is 4. The standard InChI is InChI=1S/C18H20FN4O2.C18H22FN4.2Ac/c19-16-3-5-17(6-4-16)22-9-7-21(8-10-22)13-15-2-1-14(12-20)11-18(15)23(24)25;19-16-3-5-17(6-4-16)23-9-7-22(8-10-23)13-15-2-1-14(12-20)11-18(15)21;;/h1-6,11,20H,7-10,12-13H2;1-6,11,20H,7-10,12-13,21H2;;/q2*-1;;. The summed E-state index contributed by atoms with van der Waals surface area (Å²) in [6.07, 6.45) is 0. The molecule has 2 fully saturated rings. The van der Waals surface area contributed by atoms with Gasteiger partial charge in [-0.05, 0) is 60.2 Å². The monoisotopic (exact) mass is 1110 g/mol. The summed E-state index contributed by atoms with van der Waals surface area (Å²) in [5.74, 6) is -0.440. The largest absolute Gasteiger partial charge is 0.674 e.